The third-order valence-electron chi connectivity index (χ3n) is 7.14. The van der Waals surface area contributed by atoms with Gasteiger partial charge in [-0.3, -0.25) is 9.59 Å². The fraction of sp³-hybridized carbons (Fsp3) is 0.200. The number of benzene rings is 3. The number of hydrogen-bond acceptors (Lipinski definition) is 2. The quantitative estimate of drug-likeness (QED) is 0.360. The molecule has 2 amide bonds. The molecule has 1 saturated heterocycles. The monoisotopic (exact) mass is 491 g/mol. The number of carbonyl (C=O) groups is 2. The van der Waals surface area contributed by atoms with Gasteiger partial charge in [0.05, 0.1) is 17.5 Å². The van der Waals surface area contributed by atoms with Crippen molar-refractivity contribution in [1.29, 1.82) is 0 Å². The molecule has 4 aliphatic rings. The van der Waals surface area contributed by atoms with Crippen LogP contribution < -0.4 is 4.90 Å². The standard InChI is InChI=1S/C25H18INO2/c1-25-16-10-4-2-8-14(16)20(15-9-3-5-11-17(15)25)21-22(25)24(29)27(23(21)28)19-13-7-6-12-18(19)26/h2-13,20-22H,1H3/t20?,21-,22+,25?/m1/s1. The van der Waals surface area contributed by atoms with Gasteiger partial charge in [0.2, 0.25) is 11.8 Å². The van der Waals surface area contributed by atoms with Gasteiger partial charge in [0.1, 0.15) is 0 Å². The highest BCUT2D eigenvalue weighted by atomic mass is 127. The van der Waals surface area contributed by atoms with Gasteiger partial charge in [0.25, 0.3) is 0 Å². The maximum absolute atomic E-state index is 13.8. The number of anilines is 1. The zero-order chi connectivity index (χ0) is 19.9. The Balaban J connectivity index is 1.64. The van der Waals surface area contributed by atoms with Gasteiger partial charge in [0, 0.05) is 14.9 Å². The first-order chi connectivity index (χ1) is 14.0. The Bertz CT molecular complexity index is 1170. The van der Waals surface area contributed by atoms with Crippen LogP contribution in [0.2, 0.25) is 0 Å². The zero-order valence-corrected chi connectivity index (χ0v) is 18.0. The van der Waals surface area contributed by atoms with E-state index in [1.807, 2.05) is 48.5 Å². The molecule has 7 rings (SSSR count). The fourth-order valence-electron chi connectivity index (χ4n) is 6.02. The first-order valence-corrected chi connectivity index (χ1v) is 10.9. The lowest BCUT2D eigenvalue weighted by molar-refractivity contribution is -0.123. The highest BCUT2D eigenvalue weighted by Gasteiger charge is 2.66. The fourth-order valence-corrected chi connectivity index (χ4v) is 6.65. The normalized spacial score (nSPS) is 28.9. The molecule has 3 nitrogen and oxygen atoms in total. The van der Waals surface area contributed by atoms with Crippen molar-refractivity contribution in [2.45, 2.75) is 18.3 Å². The minimum Gasteiger partial charge on any atom is -0.274 e. The summed E-state index contributed by atoms with van der Waals surface area (Å²) in [6, 6.07) is 24.4. The molecule has 2 atom stereocenters. The van der Waals surface area contributed by atoms with Crippen LogP contribution in [0.25, 0.3) is 0 Å². The molecule has 3 aromatic carbocycles. The van der Waals surface area contributed by atoms with E-state index >= 15 is 0 Å². The zero-order valence-electron chi connectivity index (χ0n) is 15.8. The van der Waals surface area contributed by atoms with Crippen LogP contribution in [0.5, 0.6) is 0 Å². The van der Waals surface area contributed by atoms with Crippen molar-refractivity contribution in [2.24, 2.45) is 11.8 Å². The molecule has 4 heteroatoms. The first-order valence-electron chi connectivity index (χ1n) is 9.86. The summed E-state index contributed by atoms with van der Waals surface area (Å²) < 4.78 is 0.915. The van der Waals surface area contributed by atoms with Gasteiger partial charge in [-0.15, -0.1) is 0 Å². The lowest BCUT2D eigenvalue weighted by atomic mass is 9.48. The molecule has 2 bridgehead atoms. The maximum atomic E-state index is 13.8. The molecule has 1 aliphatic heterocycles. The van der Waals surface area contributed by atoms with Crippen LogP contribution in [0.4, 0.5) is 5.69 Å². The van der Waals surface area contributed by atoms with E-state index in [4.69, 9.17) is 0 Å². The molecule has 1 heterocycles. The van der Waals surface area contributed by atoms with E-state index in [-0.39, 0.29) is 29.6 Å². The second-order valence-electron chi connectivity index (χ2n) is 8.32. The van der Waals surface area contributed by atoms with E-state index in [0.717, 1.165) is 3.57 Å². The number of para-hydroxylation sites is 1. The molecule has 1 fully saturated rings. The summed E-state index contributed by atoms with van der Waals surface area (Å²) in [5, 5.41) is 0. The molecule has 0 N–H and O–H groups in total. The summed E-state index contributed by atoms with van der Waals surface area (Å²) in [5.41, 5.74) is 4.97. The molecule has 3 aliphatic carbocycles. The van der Waals surface area contributed by atoms with Crippen LogP contribution in [0.1, 0.15) is 35.1 Å². The van der Waals surface area contributed by atoms with Crippen molar-refractivity contribution in [3.8, 4) is 0 Å². The van der Waals surface area contributed by atoms with Crippen LogP contribution in [-0.2, 0) is 15.0 Å². The van der Waals surface area contributed by atoms with E-state index in [9.17, 15) is 9.59 Å². The Kier molecular flexibility index (Phi) is 3.47. The molecule has 0 saturated carbocycles. The van der Waals surface area contributed by atoms with Gasteiger partial charge < -0.3 is 0 Å². The summed E-state index contributed by atoms with van der Waals surface area (Å²) in [6.07, 6.45) is 0. The van der Waals surface area contributed by atoms with Crippen LogP contribution in [0, 0.1) is 15.4 Å². The second kappa shape index (κ2) is 5.79. The Morgan fingerprint density at radius 1 is 0.793 bits per heavy atom. The van der Waals surface area contributed by atoms with E-state index in [1.165, 1.54) is 27.2 Å². The minimum absolute atomic E-state index is 0.0654. The molecule has 3 aromatic rings. The predicted octanol–water partition coefficient (Wildman–Crippen LogP) is 4.86. The Hall–Kier alpha value is -2.47. The number of amides is 2. The second-order valence-corrected chi connectivity index (χ2v) is 9.48. The average Bonchev–Trinajstić information content (AvgIpc) is 3.01. The third kappa shape index (κ3) is 1.98. The van der Waals surface area contributed by atoms with E-state index in [2.05, 4.69) is 53.8 Å². The van der Waals surface area contributed by atoms with Crippen molar-refractivity contribution < 1.29 is 9.59 Å². The lowest BCUT2D eigenvalue weighted by Gasteiger charge is -2.52. The van der Waals surface area contributed by atoms with Gasteiger partial charge in [-0.05, 0) is 57.0 Å². The summed E-state index contributed by atoms with van der Waals surface area (Å²) >= 11 is 2.21. The van der Waals surface area contributed by atoms with Crippen LogP contribution >= 0.6 is 22.6 Å². The molecule has 0 aromatic heterocycles. The van der Waals surface area contributed by atoms with Crippen molar-refractivity contribution in [2.75, 3.05) is 4.90 Å². The highest BCUT2D eigenvalue weighted by Crippen LogP contribution is 2.64. The molecule has 142 valence electrons. The summed E-state index contributed by atoms with van der Waals surface area (Å²) in [5.74, 6) is -0.934. The Morgan fingerprint density at radius 3 is 1.97 bits per heavy atom. The largest absolute Gasteiger partial charge is 0.274 e. The average molecular weight is 491 g/mol. The van der Waals surface area contributed by atoms with E-state index in [0.29, 0.717) is 5.69 Å². The van der Waals surface area contributed by atoms with Gasteiger partial charge in [-0.25, -0.2) is 4.90 Å². The number of nitrogens with zero attached hydrogens (tertiary/aromatic N) is 1. The predicted molar refractivity (Wildman–Crippen MR) is 120 cm³/mol. The molecule has 0 spiro atoms. The molecule has 0 unspecified atom stereocenters. The van der Waals surface area contributed by atoms with E-state index < -0.39 is 5.41 Å². The number of carbonyl (C=O) groups excluding carboxylic acids is 2. The molecular formula is C25H18INO2. The van der Waals surface area contributed by atoms with Crippen LogP contribution in [-0.4, -0.2) is 11.8 Å². The molecule has 29 heavy (non-hydrogen) atoms. The third-order valence-corrected chi connectivity index (χ3v) is 8.05. The minimum atomic E-state index is -0.506. The summed E-state index contributed by atoms with van der Waals surface area (Å²) in [6.45, 7) is 2.16. The van der Waals surface area contributed by atoms with Crippen molar-refractivity contribution in [3.63, 3.8) is 0 Å². The summed E-state index contributed by atoms with van der Waals surface area (Å²) in [7, 11) is 0. The smallest absolute Gasteiger partial charge is 0.238 e. The number of hydrogen-bond donors (Lipinski definition) is 0. The van der Waals surface area contributed by atoms with Gasteiger partial charge in [-0.2, -0.15) is 0 Å². The topological polar surface area (TPSA) is 37.4 Å². The van der Waals surface area contributed by atoms with Crippen molar-refractivity contribution in [3.05, 3.63) is 98.6 Å². The molecular weight excluding hydrogens is 473 g/mol. The molecule has 0 radical (unpaired) electrons. The van der Waals surface area contributed by atoms with E-state index in [1.54, 1.807) is 0 Å². The van der Waals surface area contributed by atoms with Gasteiger partial charge >= 0.3 is 0 Å². The first kappa shape index (κ1) is 17.4. The SMILES string of the molecule is CC12c3ccccc3C(c3ccccc31)[C@H]1C(=O)N(c3ccccc3I)C(=O)[C@H]12. The van der Waals surface area contributed by atoms with Crippen LogP contribution in [0.15, 0.2) is 72.8 Å². The van der Waals surface area contributed by atoms with Gasteiger partial charge in [-0.1, -0.05) is 67.6 Å². The van der Waals surface area contributed by atoms with Crippen LogP contribution in [0.3, 0.4) is 0 Å². The number of rotatable bonds is 1. The number of imide groups is 1. The van der Waals surface area contributed by atoms with Crippen molar-refractivity contribution in [1.82, 2.24) is 0 Å². The summed E-state index contributed by atoms with van der Waals surface area (Å²) in [4.78, 5) is 29.0. The Morgan fingerprint density at radius 2 is 1.34 bits per heavy atom. The number of halogens is 1. The lowest BCUT2D eigenvalue weighted by Crippen LogP contribution is -2.51. The maximum Gasteiger partial charge on any atom is 0.238 e. The van der Waals surface area contributed by atoms with Crippen molar-refractivity contribution >= 4 is 40.1 Å². The Labute approximate surface area is 182 Å². The van der Waals surface area contributed by atoms with Gasteiger partial charge in [0.15, 0.2) is 0 Å². The highest BCUT2D eigenvalue weighted by molar-refractivity contribution is 14.1.